The number of hydrogen-bond donors (Lipinski definition) is 2. The molecule has 7 nitrogen and oxygen atoms in total. The van der Waals surface area contributed by atoms with E-state index in [2.05, 4.69) is 14.9 Å². The zero-order chi connectivity index (χ0) is 24.7. The minimum atomic E-state index is -0.623. The number of para-hydroxylation sites is 1. The van der Waals surface area contributed by atoms with Crippen molar-refractivity contribution < 1.29 is 13.9 Å². The van der Waals surface area contributed by atoms with E-state index in [1.165, 1.54) is 6.07 Å². The van der Waals surface area contributed by atoms with E-state index in [1.807, 2.05) is 43.6 Å². The van der Waals surface area contributed by atoms with Gasteiger partial charge in [0.1, 0.15) is 17.2 Å². The van der Waals surface area contributed by atoms with Crippen LogP contribution in [0.15, 0.2) is 54.9 Å². The number of likely N-dealkylation sites (N-methyl/N-ethyl adjacent to an activating group) is 2. The maximum atomic E-state index is 14.9. The van der Waals surface area contributed by atoms with Gasteiger partial charge in [0, 0.05) is 54.1 Å². The number of fused-ring (bicyclic) bond motifs is 1. The number of carbonyl (C=O) groups is 1. The standard InChI is InChI=1S/C27H28FN5O2/c1-32-9-8-18(15-32)33(2)27(34)21-10-16(12-23(28)25(21)29)17-11-20-22(14-31-26(20)30-13-17)19-6-4-5-7-24(19)35-3/h4-7,10-14,18H,8-9,15,29H2,1-3H3,(H,30,31). The lowest BCUT2D eigenvalue weighted by molar-refractivity contribution is 0.0738. The first-order valence-corrected chi connectivity index (χ1v) is 11.5. The van der Waals surface area contributed by atoms with Crippen molar-refractivity contribution in [2.24, 2.45) is 0 Å². The summed E-state index contributed by atoms with van der Waals surface area (Å²) >= 11 is 0. The van der Waals surface area contributed by atoms with Crippen molar-refractivity contribution in [1.29, 1.82) is 0 Å². The Kier molecular flexibility index (Phi) is 5.90. The van der Waals surface area contributed by atoms with Crippen molar-refractivity contribution in [3.8, 4) is 28.0 Å². The number of rotatable bonds is 5. The van der Waals surface area contributed by atoms with Gasteiger partial charge in [-0.25, -0.2) is 9.37 Å². The van der Waals surface area contributed by atoms with Crippen molar-refractivity contribution in [3.63, 3.8) is 0 Å². The molecule has 0 bridgehead atoms. The highest BCUT2D eigenvalue weighted by Crippen LogP contribution is 2.36. The third kappa shape index (κ3) is 4.10. The SMILES string of the molecule is COc1ccccc1-c1c[nH]c2ncc(-c3cc(F)c(N)c(C(=O)N(C)C4CCN(C)C4)c3)cc12. The van der Waals surface area contributed by atoms with Crippen molar-refractivity contribution in [1.82, 2.24) is 19.8 Å². The molecule has 5 rings (SSSR count). The number of nitrogens with zero attached hydrogens (tertiary/aromatic N) is 3. The number of benzene rings is 2. The maximum Gasteiger partial charge on any atom is 0.256 e. The van der Waals surface area contributed by atoms with Gasteiger partial charge >= 0.3 is 0 Å². The lowest BCUT2D eigenvalue weighted by atomic mass is 9.99. The van der Waals surface area contributed by atoms with Crippen LogP contribution in [0.25, 0.3) is 33.3 Å². The summed E-state index contributed by atoms with van der Waals surface area (Å²) in [5.41, 5.74) is 9.82. The van der Waals surface area contributed by atoms with E-state index in [4.69, 9.17) is 10.5 Å². The van der Waals surface area contributed by atoms with Gasteiger partial charge in [0.25, 0.3) is 5.91 Å². The summed E-state index contributed by atoms with van der Waals surface area (Å²) in [6.45, 7) is 1.70. The molecule has 35 heavy (non-hydrogen) atoms. The van der Waals surface area contributed by atoms with Gasteiger partial charge in [-0.3, -0.25) is 4.79 Å². The van der Waals surface area contributed by atoms with Gasteiger partial charge in [-0.05, 0) is 49.8 Å². The van der Waals surface area contributed by atoms with E-state index in [0.29, 0.717) is 16.8 Å². The van der Waals surface area contributed by atoms with Crippen LogP contribution in [0.3, 0.4) is 0 Å². The number of halogens is 1. The van der Waals surface area contributed by atoms with Gasteiger partial charge in [-0.15, -0.1) is 0 Å². The molecule has 1 aliphatic heterocycles. The van der Waals surface area contributed by atoms with Crippen molar-refractivity contribution >= 4 is 22.6 Å². The number of H-pyrrole nitrogens is 1. The number of methoxy groups -OCH3 is 1. The molecule has 1 unspecified atom stereocenters. The Labute approximate surface area is 203 Å². The third-order valence-corrected chi connectivity index (χ3v) is 6.86. The number of nitrogens with two attached hydrogens (primary N) is 1. The molecule has 1 saturated heterocycles. The Morgan fingerprint density at radius 1 is 1.23 bits per heavy atom. The molecule has 2 aromatic heterocycles. The van der Waals surface area contributed by atoms with Gasteiger partial charge in [0.05, 0.1) is 18.4 Å². The average Bonchev–Trinajstić information content (AvgIpc) is 3.50. The summed E-state index contributed by atoms with van der Waals surface area (Å²) in [6.07, 6.45) is 4.42. The molecule has 1 aliphatic rings. The van der Waals surface area contributed by atoms with Gasteiger partial charge < -0.3 is 25.3 Å². The molecule has 1 atom stereocenters. The van der Waals surface area contributed by atoms with E-state index < -0.39 is 5.82 Å². The molecule has 4 aromatic rings. The van der Waals surface area contributed by atoms with E-state index >= 15 is 0 Å². The molecule has 2 aromatic carbocycles. The van der Waals surface area contributed by atoms with Crippen LogP contribution in [0.5, 0.6) is 5.75 Å². The molecule has 1 fully saturated rings. The maximum absolute atomic E-state index is 14.9. The Morgan fingerprint density at radius 2 is 2.03 bits per heavy atom. The molecule has 0 aliphatic carbocycles. The number of carbonyl (C=O) groups excluding carboxylic acids is 1. The summed E-state index contributed by atoms with van der Waals surface area (Å²) in [4.78, 5) is 24.9. The predicted octanol–water partition coefficient (Wildman–Crippen LogP) is 4.40. The average molecular weight is 474 g/mol. The van der Waals surface area contributed by atoms with Crippen molar-refractivity contribution in [2.45, 2.75) is 12.5 Å². The third-order valence-electron chi connectivity index (χ3n) is 6.86. The number of nitrogens with one attached hydrogen (secondary N) is 1. The van der Waals surface area contributed by atoms with E-state index in [-0.39, 0.29) is 23.2 Å². The number of pyridine rings is 1. The monoisotopic (exact) mass is 473 g/mol. The second-order valence-electron chi connectivity index (χ2n) is 9.06. The zero-order valence-corrected chi connectivity index (χ0v) is 20.0. The minimum Gasteiger partial charge on any atom is -0.496 e. The van der Waals surface area contributed by atoms with E-state index in [9.17, 15) is 9.18 Å². The Morgan fingerprint density at radius 3 is 2.77 bits per heavy atom. The lowest BCUT2D eigenvalue weighted by Crippen LogP contribution is -2.39. The van der Waals surface area contributed by atoms with Crippen LogP contribution >= 0.6 is 0 Å². The van der Waals surface area contributed by atoms with E-state index in [0.717, 1.165) is 41.8 Å². The fourth-order valence-corrected chi connectivity index (χ4v) is 4.80. The van der Waals surface area contributed by atoms with Gasteiger partial charge in [-0.1, -0.05) is 18.2 Å². The van der Waals surface area contributed by atoms with Crippen LogP contribution in [0, 0.1) is 5.82 Å². The summed E-state index contributed by atoms with van der Waals surface area (Å²) in [6, 6.07) is 12.8. The van der Waals surface area contributed by atoms with Crippen LogP contribution in [-0.4, -0.2) is 66.0 Å². The Balaban J connectivity index is 1.56. The molecular formula is C27H28FN5O2. The number of hydrogen-bond acceptors (Lipinski definition) is 5. The van der Waals surface area contributed by atoms with Gasteiger partial charge in [0.2, 0.25) is 0 Å². The molecule has 3 heterocycles. The highest BCUT2D eigenvalue weighted by Gasteiger charge is 2.29. The highest BCUT2D eigenvalue weighted by molar-refractivity contribution is 6.01. The van der Waals surface area contributed by atoms with Crippen LogP contribution < -0.4 is 10.5 Å². The number of anilines is 1. The van der Waals surface area contributed by atoms with Gasteiger partial charge in [0.15, 0.2) is 0 Å². The minimum absolute atomic E-state index is 0.0694. The summed E-state index contributed by atoms with van der Waals surface area (Å²) in [7, 11) is 5.41. The summed E-state index contributed by atoms with van der Waals surface area (Å²) in [5.74, 6) is -0.165. The highest BCUT2D eigenvalue weighted by atomic mass is 19.1. The molecule has 0 saturated carbocycles. The second-order valence-corrected chi connectivity index (χ2v) is 9.06. The number of likely N-dealkylation sites (tertiary alicyclic amines) is 1. The number of ether oxygens (including phenoxy) is 1. The predicted molar refractivity (Wildman–Crippen MR) is 136 cm³/mol. The van der Waals surface area contributed by atoms with Crippen LogP contribution in [0.2, 0.25) is 0 Å². The molecular weight excluding hydrogens is 445 g/mol. The molecule has 0 radical (unpaired) electrons. The number of aromatic amines is 1. The summed E-state index contributed by atoms with van der Waals surface area (Å²) < 4.78 is 20.5. The number of aromatic nitrogens is 2. The quantitative estimate of drug-likeness (QED) is 0.420. The topological polar surface area (TPSA) is 87.5 Å². The largest absolute Gasteiger partial charge is 0.496 e. The normalized spacial score (nSPS) is 16.1. The van der Waals surface area contributed by atoms with Crippen LogP contribution in [0.1, 0.15) is 16.8 Å². The Bertz CT molecular complexity index is 1420. The lowest BCUT2D eigenvalue weighted by Gasteiger charge is -2.25. The van der Waals surface area contributed by atoms with Crippen LogP contribution in [-0.2, 0) is 0 Å². The molecule has 0 spiro atoms. The summed E-state index contributed by atoms with van der Waals surface area (Å²) in [5, 5.41) is 0.864. The first-order chi connectivity index (χ1) is 16.9. The van der Waals surface area contributed by atoms with E-state index in [1.54, 1.807) is 31.3 Å². The van der Waals surface area contributed by atoms with Crippen LogP contribution in [0.4, 0.5) is 10.1 Å². The first kappa shape index (κ1) is 22.9. The Hall–Kier alpha value is -3.91. The van der Waals surface area contributed by atoms with Crippen molar-refractivity contribution in [2.75, 3.05) is 40.0 Å². The molecule has 1 amide bonds. The van der Waals surface area contributed by atoms with Crippen molar-refractivity contribution in [3.05, 3.63) is 66.2 Å². The first-order valence-electron chi connectivity index (χ1n) is 11.5. The molecule has 180 valence electrons. The number of nitrogen functional groups attached to an aromatic ring is 1. The fourth-order valence-electron chi connectivity index (χ4n) is 4.80. The zero-order valence-electron chi connectivity index (χ0n) is 20.0. The number of amides is 1. The molecule has 3 N–H and O–H groups in total. The second kappa shape index (κ2) is 9.03. The fraction of sp³-hybridized carbons (Fsp3) is 0.259. The van der Waals surface area contributed by atoms with Gasteiger partial charge in [-0.2, -0.15) is 0 Å². The smallest absolute Gasteiger partial charge is 0.256 e. The molecule has 8 heteroatoms.